The number of hydrogen-bond acceptors (Lipinski definition) is 2. The van der Waals surface area contributed by atoms with Crippen molar-refractivity contribution < 1.29 is 0 Å². The van der Waals surface area contributed by atoms with Crippen molar-refractivity contribution in [2.75, 3.05) is 6.54 Å². The highest BCUT2D eigenvalue weighted by Gasteiger charge is 1.96. The molecule has 0 aliphatic heterocycles. The summed E-state index contributed by atoms with van der Waals surface area (Å²) < 4.78 is 0. The molecule has 1 atom stereocenters. The highest BCUT2D eigenvalue weighted by molar-refractivity contribution is 5.85. The maximum Gasteiger partial charge on any atom is 0.0163 e. The molecule has 0 rings (SSSR count). The van der Waals surface area contributed by atoms with Gasteiger partial charge in [0.25, 0.3) is 0 Å². The Bertz CT molecular complexity index is 72.1. The van der Waals surface area contributed by atoms with Gasteiger partial charge < -0.3 is 11.5 Å². The molecule has 78 valence electrons. The summed E-state index contributed by atoms with van der Waals surface area (Å²) in [5.41, 5.74) is 11.0. The highest BCUT2D eigenvalue weighted by Crippen LogP contribution is 2.03. The molecule has 1 unspecified atom stereocenters. The summed E-state index contributed by atoms with van der Waals surface area (Å²) in [6.45, 7) is 2.84. The van der Waals surface area contributed by atoms with E-state index in [-0.39, 0.29) is 30.9 Å². The van der Waals surface area contributed by atoms with Crippen molar-refractivity contribution in [3.8, 4) is 0 Å². The summed E-state index contributed by atoms with van der Waals surface area (Å²) in [6.07, 6.45) is 6.27. The first kappa shape index (κ1) is 18.3. The predicted molar refractivity (Wildman–Crippen MR) is 60.3 cm³/mol. The molecule has 0 aromatic rings. The van der Waals surface area contributed by atoms with Gasteiger partial charge in [-0.05, 0) is 6.42 Å². The molecule has 0 saturated carbocycles. The van der Waals surface area contributed by atoms with Gasteiger partial charge in [0.1, 0.15) is 0 Å². The van der Waals surface area contributed by atoms with Gasteiger partial charge in [0.15, 0.2) is 0 Å². The normalized spacial score (nSPS) is 11.2. The van der Waals surface area contributed by atoms with E-state index in [0.717, 1.165) is 6.42 Å². The van der Waals surface area contributed by atoms with Crippen LogP contribution in [0.15, 0.2) is 0 Å². The summed E-state index contributed by atoms with van der Waals surface area (Å²) in [7, 11) is 0. The largest absolute Gasteiger partial charge is 0.329 e. The lowest BCUT2D eigenvalue weighted by molar-refractivity contribution is 0.554. The Hall–Kier alpha value is 0.500. The predicted octanol–water partition coefficient (Wildman–Crippen LogP) is 2.09. The first-order valence-corrected chi connectivity index (χ1v) is 4.27. The van der Waals surface area contributed by atoms with Crippen LogP contribution in [0.4, 0.5) is 0 Å². The highest BCUT2D eigenvalue weighted by atomic mass is 35.5. The monoisotopic (exact) mass is 216 g/mol. The van der Waals surface area contributed by atoms with Crippen molar-refractivity contribution in [3.63, 3.8) is 0 Å². The Morgan fingerprint density at radius 1 is 1.08 bits per heavy atom. The number of unbranched alkanes of at least 4 members (excludes halogenated alkanes) is 3. The van der Waals surface area contributed by atoms with Gasteiger partial charge in [-0.15, -0.1) is 24.8 Å². The molecule has 4 heteroatoms. The molecule has 0 radical (unpaired) electrons. The Morgan fingerprint density at radius 3 is 2.08 bits per heavy atom. The second kappa shape index (κ2) is 14.0. The Balaban J connectivity index is -0.000000405. The molecular weight excluding hydrogens is 195 g/mol. The Labute approximate surface area is 88.3 Å². The number of halogens is 2. The van der Waals surface area contributed by atoms with E-state index in [1.54, 1.807) is 0 Å². The fourth-order valence-electron chi connectivity index (χ4n) is 0.951. The van der Waals surface area contributed by atoms with Gasteiger partial charge in [0, 0.05) is 12.6 Å². The number of rotatable bonds is 6. The van der Waals surface area contributed by atoms with Crippen molar-refractivity contribution in [2.45, 2.75) is 45.1 Å². The molecule has 0 aromatic carbocycles. The minimum Gasteiger partial charge on any atom is -0.329 e. The second-order valence-electron chi connectivity index (χ2n) is 2.85. The molecule has 2 nitrogen and oxygen atoms in total. The third-order valence-electron chi connectivity index (χ3n) is 1.73. The van der Waals surface area contributed by atoms with Gasteiger partial charge >= 0.3 is 0 Å². The van der Waals surface area contributed by atoms with E-state index in [1.807, 2.05) is 0 Å². The van der Waals surface area contributed by atoms with Gasteiger partial charge in [-0.2, -0.15) is 0 Å². The minimum absolute atomic E-state index is 0. The average molecular weight is 217 g/mol. The van der Waals surface area contributed by atoms with Gasteiger partial charge in [-0.1, -0.05) is 32.6 Å². The molecular formula is C8H22Cl2N2. The van der Waals surface area contributed by atoms with Crippen LogP contribution in [-0.2, 0) is 0 Å². The van der Waals surface area contributed by atoms with Crippen LogP contribution in [0.1, 0.15) is 39.0 Å². The molecule has 0 spiro atoms. The van der Waals surface area contributed by atoms with Crippen LogP contribution in [0, 0.1) is 0 Å². The fourth-order valence-corrected chi connectivity index (χ4v) is 0.951. The molecule has 0 fully saturated rings. The first-order chi connectivity index (χ1) is 4.81. The molecule has 0 aliphatic rings. The molecule has 12 heavy (non-hydrogen) atoms. The van der Waals surface area contributed by atoms with E-state index < -0.39 is 0 Å². The fraction of sp³-hybridized carbons (Fsp3) is 1.00. The quantitative estimate of drug-likeness (QED) is 0.669. The molecule has 0 amide bonds. The third-order valence-corrected chi connectivity index (χ3v) is 1.73. The molecule has 4 N–H and O–H groups in total. The minimum atomic E-state index is 0. The van der Waals surface area contributed by atoms with Crippen LogP contribution in [0.25, 0.3) is 0 Å². The van der Waals surface area contributed by atoms with Crippen molar-refractivity contribution in [2.24, 2.45) is 11.5 Å². The maximum absolute atomic E-state index is 5.63. The second-order valence-corrected chi connectivity index (χ2v) is 2.85. The molecule has 0 aliphatic carbocycles. The Morgan fingerprint density at radius 2 is 1.67 bits per heavy atom. The van der Waals surface area contributed by atoms with Crippen LogP contribution >= 0.6 is 24.8 Å². The van der Waals surface area contributed by atoms with Gasteiger partial charge in [-0.25, -0.2) is 0 Å². The van der Waals surface area contributed by atoms with Gasteiger partial charge in [0.2, 0.25) is 0 Å². The molecule has 0 bridgehead atoms. The molecule has 0 heterocycles. The van der Waals surface area contributed by atoms with E-state index in [1.165, 1.54) is 25.7 Å². The van der Waals surface area contributed by atoms with Crippen LogP contribution in [0.5, 0.6) is 0 Å². The molecule has 0 aromatic heterocycles. The summed E-state index contributed by atoms with van der Waals surface area (Å²) in [4.78, 5) is 0. The summed E-state index contributed by atoms with van der Waals surface area (Å²) in [6, 6.07) is 0.233. The van der Waals surface area contributed by atoms with E-state index in [0.29, 0.717) is 6.54 Å². The summed E-state index contributed by atoms with van der Waals surface area (Å²) >= 11 is 0. The van der Waals surface area contributed by atoms with Crippen molar-refractivity contribution >= 4 is 24.8 Å². The average Bonchev–Trinajstić information content (AvgIpc) is 1.98. The van der Waals surface area contributed by atoms with Crippen molar-refractivity contribution in [1.29, 1.82) is 0 Å². The lowest BCUT2D eigenvalue weighted by atomic mass is 10.1. The smallest absolute Gasteiger partial charge is 0.0163 e. The number of nitrogens with two attached hydrogens (primary N) is 2. The zero-order valence-electron chi connectivity index (χ0n) is 7.79. The van der Waals surface area contributed by atoms with E-state index >= 15 is 0 Å². The van der Waals surface area contributed by atoms with Gasteiger partial charge in [0.05, 0.1) is 0 Å². The van der Waals surface area contributed by atoms with E-state index in [2.05, 4.69) is 6.92 Å². The lowest BCUT2D eigenvalue weighted by Gasteiger charge is -2.06. The standard InChI is InChI=1S/C8H20N2.2ClH/c1-2-3-4-5-6-8(10)7-9;;/h8H,2-7,9-10H2,1H3;2*1H. The first-order valence-electron chi connectivity index (χ1n) is 4.27. The van der Waals surface area contributed by atoms with E-state index in [4.69, 9.17) is 11.5 Å². The zero-order chi connectivity index (χ0) is 7.82. The molecule has 0 saturated heterocycles. The Kier molecular flexibility index (Phi) is 21.4. The van der Waals surface area contributed by atoms with Crippen molar-refractivity contribution in [3.05, 3.63) is 0 Å². The maximum atomic E-state index is 5.63. The van der Waals surface area contributed by atoms with Crippen molar-refractivity contribution in [1.82, 2.24) is 0 Å². The van der Waals surface area contributed by atoms with Crippen LogP contribution in [0.2, 0.25) is 0 Å². The zero-order valence-corrected chi connectivity index (χ0v) is 9.42. The van der Waals surface area contributed by atoms with Gasteiger partial charge in [-0.3, -0.25) is 0 Å². The topological polar surface area (TPSA) is 52.0 Å². The third kappa shape index (κ3) is 13.1. The van der Waals surface area contributed by atoms with E-state index in [9.17, 15) is 0 Å². The SMILES string of the molecule is CCCCCCC(N)CN.Cl.Cl. The lowest BCUT2D eigenvalue weighted by Crippen LogP contribution is -2.29. The summed E-state index contributed by atoms with van der Waals surface area (Å²) in [5.74, 6) is 0. The number of hydrogen-bond donors (Lipinski definition) is 2. The van der Waals surface area contributed by atoms with Crippen LogP contribution in [-0.4, -0.2) is 12.6 Å². The summed E-state index contributed by atoms with van der Waals surface area (Å²) in [5, 5.41) is 0. The van der Waals surface area contributed by atoms with Crippen LogP contribution in [0.3, 0.4) is 0 Å². The van der Waals surface area contributed by atoms with Crippen LogP contribution < -0.4 is 11.5 Å².